The van der Waals surface area contributed by atoms with Crippen LogP contribution >= 0.6 is 34.8 Å². The van der Waals surface area contributed by atoms with Crippen molar-refractivity contribution >= 4 is 73.8 Å². The van der Waals surface area contributed by atoms with E-state index in [4.69, 9.17) is 54.2 Å². The molecule has 1 N–H and O–H groups in total. The molecule has 0 unspecified atom stereocenters. The number of ether oxygens (including phenoxy) is 2. The molecule has 0 bridgehead atoms. The molecule has 9 rings (SSSR count). The van der Waals surface area contributed by atoms with E-state index in [1.165, 1.54) is 12.1 Å². The lowest BCUT2D eigenvalue weighted by Crippen LogP contribution is -2.36. The molecular weight excluding hydrogens is 829 g/mol. The van der Waals surface area contributed by atoms with Gasteiger partial charge in [0.15, 0.2) is 0 Å². The van der Waals surface area contributed by atoms with Gasteiger partial charge in [-0.3, -0.25) is 15.0 Å². The standard InChI is InChI=1S/C30H26ClFN6O2.C15H9Cl2FN2/c1-18-28(21-6-7-23(32)27(31)30(21)37-29(18)24-5-3-4-8-34-24)36-25-14-26(38-9-11-40-12-10-38)35-17-22(25)19-13-20(39-2)16-33-15-19;1-8-12(16)9-5-6-10(18)13(17)15(9)20-14(8)11-4-2-3-7-19-11/h3-8,13-17H,9-12H2,1-2H3,(H,35,36,37);2-7H,1H3. The number of morpholine rings is 1. The van der Waals surface area contributed by atoms with Gasteiger partial charge in [-0.25, -0.2) is 23.7 Å². The zero-order chi connectivity index (χ0) is 41.9. The highest BCUT2D eigenvalue weighted by molar-refractivity contribution is 6.40. The Hall–Kier alpha value is -6.05. The summed E-state index contributed by atoms with van der Waals surface area (Å²) in [5.74, 6) is 0.394. The number of pyridine rings is 6. The highest BCUT2D eigenvalue weighted by Crippen LogP contribution is 2.41. The van der Waals surface area contributed by atoms with Crippen molar-refractivity contribution in [3.8, 4) is 39.7 Å². The van der Waals surface area contributed by atoms with Crippen molar-refractivity contribution in [1.29, 1.82) is 0 Å². The minimum absolute atomic E-state index is 0.0263. The molecule has 0 radical (unpaired) electrons. The number of hydrogen-bond donors (Lipinski definition) is 1. The molecule has 0 spiro atoms. The number of halogens is 5. The van der Waals surface area contributed by atoms with Gasteiger partial charge in [0.2, 0.25) is 0 Å². The van der Waals surface area contributed by atoms with E-state index < -0.39 is 11.6 Å². The summed E-state index contributed by atoms with van der Waals surface area (Å²) in [5.41, 5.74) is 8.05. The molecule has 1 saturated heterocycles. The third-order valence-electron chi connectivity index (χ3n) is 10.1. The van der Waals surface area contributed by atoms with E-state index in [-0.39, 0.29) is 10.0 Å². The number of fused-ring (bicyclic) bond motifs is 2. The molecular formula is C45H35Cl3F2N8O2. The third-order valence-corrected chi connectivity index (χ3v) is 11.3. The second-order valence-corrected chi connectivity index (χ2v) is 14.9. The fourth-order valence-corrected chi connectivity index (χ4v) is 7.57. The summed E-state index contributed by atoms with van der Waals surface area (Å²) >= 11 is 18.8. The number of aromatic nitrogens is 6. The Kier molecular flexibility index (Phi) is 12.0. The van der Waals surface area contributed by atoms with E-state index in [0.29, 0.717) is 68.6 Å². The first kappa shape index (κ1) is 40.7. The van der Waals surface area contributed by atoms with E-state index >= 15 is 0 Å². The van der Waals surface area contributed by atoms with Gasteiger partial charge in [0.05, 0.1) is 76.7 Å². The number of anilines is 3. The topological polar surface area (TPSA) is 111 Å². The fourth-order valence-electron chi connectivity index (χ4n) is 6.92. The van der Waals surface area contributed by atoms with Gasteiger partial charge >= 0.3 is 0 Å². The van der Waals surface area contributed by atoms with Crippen molar-refractivity contribution in [3.63, 3.8) is 0 Å². The lowest BCUT2D eigenvalue weighted by Gasteiger charge is -2.28. The van der Waals surface area contributed by atoms with Crippen LogP contribution in [0.2, 0.25) is 15.1 Å². The maximum absolute atomic E-state index is 14.6. The Morgan fingerprint density at radius 3 is 1.93 bits per heavy atom. The highest BCUT2D eigenvalue weighted by Gasteiger charge is 2.22. The van der Waals surface area contributed by atoms with Crippen LogP contribution < -0.4 is 15.0 Å². The Morgan fingerprint density at radius 2 is 1.32 bits per heavy atom. The van der Waals surface area contributed by atoms with Crippen LogP contribution in [0.15, 0.2) is 104 Å². The van der Waals surface area contributed by atoms with Gasteiger partial charge in [-0.15, -0.1) is 0 Å². The lowest BCUT2D eigenvalue weighted by atomic mass is 10.0. The maximum Gasteiger partial charge on any atom is 0.144 e. The monoisotopic (exact) mass is 862 g/mol. The summed E-state index contributed by atoms with van der Waals surface area (Å²) in [4.78, 5) is 29.3. The molecule has 10 nitrogen and oxygen atoms in total. The first-order chi connectivity index (χ1) is 29.1. The van der Waals surface area contributed by atoms with Crippen LogP contribution in [0, 0.1) is 25.5 Å². The van der Waals surface area contributed by atoms with Crippen LogP contribution in [0.4, 0.5) is 26.0 Å². The Labute approximate surface area is 359 Å². The Balaban J connectivity index is 0.000000208. The van der Waals surface area contributed by atoms with Gasteiger partial charge in [-0.1, -0.05) is 46.9 Å². The smallest absolute Gasteiger partial charge is 0.144 e. The predicted octanol–water partition coefficient (Wildman–Crippen LogP) is 11.5. The molecule has 60 heavy (non-hydrogen) atoms. The van der Waals surface area contributed by atoms with Crippen molar-refractivity contribution in [2.75, 3.05) is 43.6 Å². The Bertz CT molecular complexity index is 2870. The van der Waals surface area contributed by atoms with Crippen LogP contribution in [0.5, 0.6) is 5.75 Å². The van der Waals surface area contributed by atoms with Gasteiger partial charge in [0.25, 0.3) is 0 Å². The van der Waals surface area contributed by atoms with E-state index in [1.54, 1.807) is 44.0 Å². The van der Waals surface area contributed by atoms with Crippen LogP contribution in [-0.4, -0.2) is 63.3 Å². The fraction of sp³-hybridized carbons (Fsp3) is 0.156. The molecule has 302 valence electrons. The van der Waals surface area contributed by atoms with Gasteiger partial charge in [-0.2, -0.15) is 0 Å². The van der Waals surface area contributed by atoms with E-state index in [2.05, 4.69) is 30.2 Å². The van der Waals surface area contributed by atoms with E-state index in [9.17, 15) is 8.78 Å². The molecule has 8 aromatic rings. The molecule has 1 aliphatic heterocycles. The number of benzene rings is 2. The quantitative estimate of drug-likeness (QED) is 0.166. The van der Waals surface area contributed by atoms with Crippen LogP contribution in [0.3, 0.4) is 0 Å². The third kappa shape index (κ3) is 8.11. The number of nitrogens with zero attached hydrogens (tertiary/aromatic N) is 7. The minimum atomic E-state index is -0.537. The summed E-state index contributed by atoms with van der Waals surface area (Å²) in [5, 5.41) is 5.40. The average molecular weight is 864 g/mol. The van der Waals surface area contributed by atoms with Crippen molar-refractivity contribution < 1.29 is 18.3 Å². The van der Waals surface area contributed by atoms with Gasteiger partial charge < -0.3 is 19.7 Å². The van der Waals surface area contributed by atoms with Gasteiger partial charge in [0, 0.05) is 71.4 Å². The number of nitrogens with one attached hydrogen (secondary N) is 1. The van der Waals surface area contributed by atoms with E-state index in [1.807, 2.05) is 68.6 Å². The first-order valence-electron chi connectivity index (χ1n) is 18.8. The Morgan fingerprint density at radius 1 is 0.700 bits per heavy atom. The van der Waals surface area contributed by atoms with Crippen molar-refractivity contribution in [2.24, 2.45) is 0 Å². The molecule has 7 heterocycles. The molecule has 15 heteroatoms. The zero-order valence-electron chi connectivity index (χ0n) is 32.5. The lowest BCUT2D eigenvalue weighted by molar-refractivity contribution is 0.122. The summed E-state index contributed by atoms with van der Waals surface area (Å²) in [6, 6.07) is 20.9. The molecule has 2 aromatic carbocycles. The maximum atomic E-state index is 14.6. The summed E-state index contributed by atoms with van der Waals surface area (Å²) in [7, 11) is 1.61. The molecule has 1 aliphatic rings. The highest BCUT2D eigenvalue weighted by atomic mass is 35.5. The summed E-state index contributed by atoms with van der Waals surface area (Å²) in [6.45, 7) is 6.57. The van der Waals surface area contributed by atoms with Gasteiger partial charge in [0.1, 0.15) is 33.2 Å². The second-order valence-electron chi connectivity index (χ2n) is 13.7. The SMILES string of the molecule is COc1cncc(-c2cnc(N3CCOCC3)cc2Nc2c(C)c(-c3ccccn3)nc3c(Cl)c(F)ccc23)c1.Cc1c(-c2ccccn2)nc2c(Cl)c(F)ccc2c1Cl. The number of methoxy groups -OCH3 is 1. The van der Waals surface area contributed by atoms with Crippen LogP contribution in [0.25, 0.3) is 55.7 Å². The first-order valence-corrected chi connectivity index (χ1v) is 19.9. The van der Waals surface area contributed by atoms with Crippen LogP contribution in [-0.2, 0) is 4.74 Å². The molecule has 0 amide bonds. The second kappa shape index (κ2) is 17.7. The largest absolute Gasteiger partial charge is 0.495 e. The van der Waals surface area contributed by atoms with E-state index in [0.717, 1.165) is 52.5 Å². The molecule has 0 saturated carbocycles. The molecule has 0 aliphatic carbocycles. The van der Waals surface area contributed by atoms with Crippen molar-refractivity contribution in [3.05, 3.63) is 142 Å². The normalized spacial score (nSPS) is 12.6. The van der Waals surface area contributed by atoms with Crippen molar-refractivity contribution in [1.82, 2.24) is 29.9 Å². The summed E-state index contributed by atoms with van der Waals surface area (Å²) < 4.78 is 39.2. The van der Waals surface area contributed by atoms with Gasteiger partial charge in [-0.05, 0) is 74.0 Å². The molecule has 1 fully saturated rings. The average Bonchev–Trinajstić information content (AvgIpc) is 3.29. The number of hydrogen-bond acceptors (Lipinski definition) is 10. The minimum Gasteiger partial charge on any atom is -0.495 e. The van der Waals surface area contributed by atoms with Crippen molar-refractivity contribution in [2.45, 2.75) is 13.8 Å². The van der Waals surface area contributed by atoms with Crippen LogP contribution in [0.1, 0.15) is 11.1 Å². The zero-order valence-corrected chi connectivity index (χ0v) is 34.7. The molecule has 6 aromatic heterocycles. The summed E-state index contributed by atoms with van der Waals surface area (Å²) in [6.07, 6.45) is 8.62. The number of rotatable bonds is 7. The molecule has 0 atom stereocenters. The predicted molar refractivity (Wildman–Crippen MR) is 235 cm³/mol.